The normalized spacial score (nSPS) is 10.9. The minimum absolute atomic E-state index is 0.0271. The van der Waals surface area contributed by atoms with Crippen LogP contribution in [0.1, 0.15) is 12.6 Å². The monoisotopic (exact) mass is 419 g/mol. The molecule has 0 saturated heterocycles. The number of carbonyl (C=O) groups excluding carboxylic acids is 1. The van der Waals surface area contributed by atoms with Crippen molar-refractivity contribution >= 4 is 23.4 Å². The Bertz CT molecular complexity index is 979. The van der Waals surface area contributed by atoms with E-state index in [2.05, 4.69) is 25.1 Å². The van der Waals surface area contributed by atoms with E-state index in [0.29, 0.717) is 10.8 Å². The van der Waals surface area contributed by atoms with Crippen molar-refractivity contribution < 1.29 is 18.3 Å². The van der Waals surface area contributed by atoms with Gasteiger partial charge in [0.05, 0.1) is 17.6 Å². The highest BCUT2D eigenvalue weighted by Crippen LogP contribution is 2.23. The third-order valence-electron chi connectivity index (χ3n) is 4.01. The molecule has 2 aromatic heterocycles. The number of aryl methyl sites for hydroxylation is 1. The van der Waals surface area contributed by atoms with Gasteiger partial charge in [-0.1, -0.05) is 11.8 Å². The van der Waals surface area contributed by atoms with E-state index in [-0.39, 0.29) is 17.4 Å². The number of nitrogens with zero attached hydrogens (tertiary/aromatic N) is 4. The second-order valence-corrected chi connectivity index (χ2v) is 6.87. The molecule has 0 fully saturated rings. The Morgan fingerprint density at radius 1 is 1.28 bits per heavy atom. The van der Waals surface area contributed by atoms with Crippen LogP contribution in [0.25, 0.3) is 11.3 Å². The second-order valence-electron chi connectivity index (χ2n) is 5.92. The summed E-state index contributed by atoms with van der Waals surface area (Å²) in [7, 11) is 0. The Morgan fingerprint density at radius 2 is 2.03 bits per heavy atom. The van der Waals surface area contributed by atoms with Crippen molar-refractivity contribution in [1.29, 1.82) is 0 Å². The number of halogens is 2. The first-order chi connectivity index (χ1) is 14.0. The summed E-state index contributed by atoms with van der Waals surface area (Å²) in [6, 6.07) is 7.51. The minimum atomic E-state index is -2.89. The van der Waals surface area contributed by atoms with Gasteiger partial charge in [-0.2, -0.15) is 13.9 Å². The fourth-order valence-electron chi connectivity index (χ4n) is 2.62. The van der Waals surface area contributed by atoms with E-state index in [0.717, 1.165) is 23.5 Å². The number of hydrogen-bond donors (Lipinski definition) is 1. The van der Waals surface area contributed by atoms with Crippen LogP contribution in [0.4, 0.5) is 14.5 Å². The predicted molar refractivity (Wildman–Crippen MR) is 106 cm³/mol. The average molecular weight is 419 g/mol. The number of amides is 1. The zero-order valence-electron chi connectivity index (χ0n) is 15.8. The SMILES string of the molecule is CCn1ncc(-c2ccnc(SCC(=O)Nc3ccc(OC(F)F)cc3)n2)c1C. The predicted octanol–water partition coefficient (Wildman–Crippen LogP) is 4.00. The summed E-state index contributed by atoms with van der Waals surface area (Å²) in [5, 5.41) is 7.48. The third kappa shape index (κ3) is 5.50. The molecular weight excluding hydrogens is 400 g/mol. The van der Waals surface area contributed by atoms with Crippen molar-refractivity contribution in [3.63, 3.8) is 0 Å². The number of nitrogens with one attached hydrogen (secondary N) is 1. The molecule has 152 valence electrons. The summed E-state index contributed by atoms with van der Waals surface area (Å²) in [4.78, 5) is 20.8. The van der Waals surface area contributed by atoms with Crippen molar-refractivity contribution in [1.82, 2.24) is 19.7 Å². The lowest BCUT2D eigenvalue weighted by Crippen LogP contribution is -2.14. The quantitative estimate of drug-likeness (QED) is 0.439. The summed E-state index contributed by atoms with van der Waals surface area (Å²) in [6.07, 6.45) is 3.41. The highest BCUT2D eigenvalue weighted by molar-refractivity contribution is 7.99. The van der Waals surface area contributed by atoms with Crippen LogP contribution in [0.15, 0.2) is 47.9 Å². The van der Waals surface area contributed by atoms with Gasteiger partial charge in [0.2, 0.25) is 5.91 Å². The molecule has 29 heavy (non-hydrogen) atoms. The lowest BCUT2D eigenvalue weighted by atomic mass is 10.2. The van der Waals surface area contributed by atoms with Crippen molar-refractivity contribution in [3.8, 4) is 17.0 Å². The van der Waals surface area contributed by atoms with E-state index in [4.69, 9.17) is 0 Å². The fraction of sp³-hybridized carbons (Fsp3) is 0.263. The third-order valence-corrected chi connectivity index (χ3v) is 4.87. The van der Waals surface area contributed by atoms with E-state index < -0.39 is 6.61 Å². The molecule has 0 bridgehead atoms. The number of hydrogen-bond acceptors (Lipinski definition) is 6. The van der Waals surface area contributed by atoms with E-state index >= 15 is 0 Å². The maximum absolute atomic E-state index is 12.2. The van der Waals surface area contributed by atoms with Crippen LogP contribution in [-0.4, -0.2) is 38.0 Å². The molecule has 0 radical (unpaired) electrons. The van der Waals surface area contributed by atoms with Crippen LogP contribution in [0.5, 0.6) is 5.75 Å². The summed E-state index contributed by atoms with van der Waals surface area (Å²) >= 11 is 1.20. The number of carbonyl (C=O) groups is 1. The van der Waals surface area contributed by atoms with E-state index in [9.17, 15) is 13.6 Å². The summed E-state index contributed by atoms with van der Waals surface area (Å²) < 4.78 is 30.5. The molecule has 0 unspecified atom stereocenters. The van der Waals surface area contributed by atoms with E-state index in [1.165, 1.54) is 36.0 Å². The van der Waals surface area contributed by atoms with Crippen molar-refractivity contribution in [3.05, 3.63) is 48.4 Å². The highest BCUT2D eigenvalue weighted by atomic mass is 32.2. The average Bonchev–Trinajstić information content (AvgIpc) is 3.08. The molecule has 3 aromatic rings. The Labute approximate surface area is 170 Å². The van der Waals surface area contributed by atoms with Crippen LogP contribution >= 0.6 is 11.8 Å². The molecule has 2 heterocycles. The Morgan fingerprint density at radius 3 is 2.69 bits per heavy atom. The number of benzene rings is 1. The maximum Gasteiger partial charge on any atom is 0.387 e. The first-order valence-electron chi connectivity index (χ1n) is 8.79. The first-order valence-corrected chi connectivity index (χ1v) is 9.78. The molecule has 10 heteroatoms. The number of ether oxygens (including phenoxy) is 1. The maximum atomic E-state index is 12.2. The lowest BCUT2D eigenvalue weighted by molar-refractivity contribution is -0.113. The van der Waals surface area contributed by atoms with Crippen LogP contribution < -0.4 is 10.1 Å². The number of aromatic nitrogens is 4. The highest BCUT2D eigenvalue weighted by Gasteiger charge is 2.12. The molecule has 3 rings (SSSR count). The summed E-state index contributed by atoms with van der Waals surface area (Å²) in [5.74, 6) is -0.132. The molecule has 7 nitrogen and oxygen atoms in total. The molecule has 1 aromatic carbocycles. The molecular formula is C19H19F2N5O2S. The summed E-state index contributed by atoms with van der Waals surface area (Å²) in [5.41, 5.74) is 3.16. The zero-order chi connectivity index (χ0) is 20.8. The largest absolute Gasteiger partial charge is 0.435 e. The van der Waals surface area contributed by atoms with E-state index in [1.807, 2.05) is 18.5 Å². The van der Waals surface area contributed by atoms with Gasteiger partial charge in [-0.05, 0) is 44.2 Å². The molecule has 0 spiro atoms. The van der Waals surface area contributed by atoms with Gasteiger partial charge in [-0.3, -0.25) is 9.48 Å². The fourth-order valence-corrected chi connectivity index (χ4v) is 3.25. The number of anilines is 1. The van der Waals surface area contributed by atoms with Crippen LogP contribution in [0.2, 0.25) is 0 Å². The smallest absolute Gasteiger partial charge is 0.387 e. The molecule has 1 N–H and O–H groups in total. The molecule has 0 saturated carbocycles. The van der Waals surface area contributed by atoms with Crippen molar-refractivity contribution in [2.24, 2.45) is 0 Å². The zero-order valence-corrected chi connectivity index (χ0v) is 16.6. The van der Waals surface area contributed by atoms with Gasteiger partial charge in [-0.15, -0.1) is 0 Å². The van der Waals surface area contributed by atoms with Crippen LogP contribution in [-0.2, 0) is 11.3 Å². The van der Waals surface area contributed by atoms with Crippen LogP contribution in [0, 0.1) is 6.92 Å². The van der Waals surface area contributed by atoms with Crippen LogP contribution in [0.3, 0.4) is 0 Å². The topological polar surface area (TPSA) is 81.9 Å². The molecule has 0 aliphatic heterocycles. The standard InChI is InChI=1S/C19H19F2N5O2S/c1-3-26-12(2)15(10-23-26)16-8-9-22-19(25-16)29-11-17(27)24-13-4-6-14(7-5-13)28-18(20)21/h4-10,18H,3,11H2,1-2H3,(H,24,27). The first kappa shape index (κ1) is 20.7. The van der Waals surface area contributed by atoms with E-state index in [1.54, 1.807) is 18.5 Å². The number of alkyl halides is 2. The molecule has 0 aliphatic carbocycles. The molecule has 0 aliphatic rings. The second kappa shape index (κ2) is 9.46. The molecule has 0 atom stereocenters. The van der Waals surface area contributed by atoms with Gasteiger partial charge in [0.15, 0.2) is 5.16 Å². The van der Waals surface area contributed by atoms with Crippen molar-refractivity contribution in [2.75, 3.05) is 11.1 Å². The Balaban J connectivity index is 1.58. The Hall–Kier alpha value is -3.01. The van der Waals surface area contributed by atoms with Gasteiger partial charge in [0.1, 0.15) is 5.75 Å². The van der Waals surface area contributed by atoms with Gasteiger partial charge in [-0.25, -0.2) is 9.97 Å². The summed E-state index contributed by atoms with van der Waals surface area (Å²) in [6.45, 7) is 1.88. The van der Waals surface area contributed by atoms with Gasteiger partial charge in [0, 0.05) is 29.7 Å². The lowest BCUT2D eigenvalue weighted by Gasteiger charge is -2.07. The van der Waals surface area contributed by atoms with Gasteiger partial charge < -0.3 is 10.1 Å². The van der Waals surface area contributed by atoms with Crippen molar-refractivity contribution in [2.45, 2.75) is 32.2 Å². The Kier molecular flexibility index (Phi) is 6.76. The minimum Gasteiger partial charge on any atom is -0.435 e. The van der Waals surface area contributed by atoms with Gasteiger partial charge >= 0.3 is 6.61 Å². The number of thioether (sulfide) groups is 1. The van der Waals surface area contributed by atoms with Gasteiger partial charge in [0.25, 0.3) is 0 Å². The molecule has 1 amide bonds. The number of rotatable bonds is 8.